The van der Waals surface area contributed by atoms with Crippen LogP contribution in [-0.2, 0) is 13.6 Å². The highest BCUT2D eigenvalue weighted by Gasteiger charge is 2.09. The van der Waals surface area contributed by atoms with Gasteiger partial charge in [0.15, 0.2) is 0 Å². The minimum Gasteiger partial charge on any atom is -0.350 e. The van der Waals surface area contributed by atoms with Crippen LogP contribution in [0.2, 0.25) is 0 Å². The van der Waals surface area contributed by atoms with Crippen molar-refractivity contribution in [3.05, 3.63) is 30.0 Å². The quantitative estimate of drug-likeness (QED) is 0.801. The summed E-state index contributed by atoms with van der Waals surface area (Å²) in [6.07, 6.45) is 4.34. The number of fused-ring (bicyclic) bond motifs is 1. The van der Waals surface area contributed by atoms with Gasteiger partial charge in [0.25, 0.3) is 0 Å². The maximum absolute atomic E-state index is 3.22. The Kier molecular flexibility index (Phi) is 3.03. The van der Waals surface area contributed by atoms with Gasteiger partial charge in [-0.05, 0) is 31.0 Å². The van der Waals surface area contributed by atoms with Gasteiger partial charge in [-0.1, -0.05) is 6.07 Å². The molecule has 0 spiro atoms. The summed E-state index contributed by atoms with van der Waals surface area (Å²) in [5, 5.41) is 4.61. The number of benzene rings is 1. The molecule has 0 amide bonds. The lowest BCUT2D eigenvalue weighted by Gasteiger charge is -2.03. The van der Waals surface area contributed by atoms with Gasteiger partial charge in [-0.3, -0.25) is 0 Å². The van der Waals surface area contributed by atoms with E-state index in [1.54, 1.807) is 0 Å². The molecule has 0 aliphatic rings. The Morgan fingerprint density at radius 1 is 1.40 bits per heavy atom. The van der Waals surface area contributed by atoms with Crippen LogP contribution in [0, 0.1) is 0 Å². The number of rotatable bonds is 3. The normalized spacial score (nSPS) is 11.1. The summed E-state index contributed by atoms with van der Waals surface area (Å²) in [5.74, 6) is 0. The second-order valence-corrected chi connectivity index (χ2v) is 4.50. The first kappa shape index (κ1) is 10.6. The molecule has 80 valence electrons. The zero-order valence-electron chi connectivity index (χ0n) is 9.37. The van der Waals surface area contributed by atoms with Gasteiger partial charge in [-0.25, -0.2) is 0 Å². The summed E-state index contributed by atoms with van der Waals surface area (Å²) in [7, 11) is 4.09. The lowest BCUT2D eigenvalue weighted by molar-refractivity contribution is 0.815. The molecule has 0 unspecified atom stereocenters. The van der Waals surface area contributed by atoms with E-state index in [9.17, 15) is 0 Å². The SMILES string of the molecule is CNCc1cn(C)c2cccc(SC)c12. The molecule has 0 bridgehead atoms. The van der Waals surface area contributed by atoms with Gasteiger partial charge >= 0.3 is 0 Å². The number of thioether (sulfide) groups is 1. The molecule has 15 heavy (non-hydrogen) atoms. The van der Waals surface area contributed by atoms with E-state index in [4.69, 9.17) is 0 Å². The van der Waals surface area contributed by atoms with E-state index in [1.807, 2.05) is 18.8 Å². The molecule has 3 heteroatoms. The second kappa shape index (κ2) is 4.29. The van der Waals surface area contributed by atoms with Crippen molar-refractivity contribution in [2.24, 2.45) is 7.05 Å². The molecule has 2 nitrogen and oxygen atoms in total. The number of aromatic nitrogens is 1. The molecule has 2 aromatic rings. The highest BCUT2D eigenvalue weighted by Crippen LogP contribution is 2.30. The van der Waals surface area contributed by atoms with E-state index in [1.165, 1.54) is 21.4 Å². The van der Waals surface area contributed by atoms with Gasteiger partial charge < -0.3 is 9.88 Å². The van der Waals surface area contributed by atoms with E-state index in [0.717, 1.165) is 6.54 Å². The Bertz CT molecular complexity index is 474. The first-order chi connectivity index (χ1) is 7.27. The number of nitrogens with zero attached hydrogens (tertiary/aromatic N) is 1. The highest BCUT2D eigenvalue weighted by atomic mass is 32.2. The lowest BCUT2D eigenvalue weighted by Crippen LogP contribution is -2.04. The van der Waals surface area contributed by atoms with E-state index in [2.05, 4.69) is 47.6 Å². The number of nitrogens with one attached hydrogen (secondary N) is 1. The van der Waals surface area contributed by atoms with Crippen LogP contribution in [0.5, 0.6) is 0 Å². The van der Waals surface area contributed by atoms with Crippen LogP contribution in [0.25, 0.3) is 10.9 Å². The smallest absolute Gasteiger partial charge is 0.0492 e. The van der Waals surface area contributed by atoms with Gasteiger partial charge in [-0.15, -0.1) is 11.8 Å². The van der Waals surface area contributed by atoms with Gasteiger partial charge in [0.05, 0.1) is 0 Å². The average molecular weight is 220 g/mol. The maximum Gasteiger partial charge on any atom is 0.0492 e. The third-order valence-electron chi connectivity index (χ3n) is 2.64. The van der Waals surface area contributed by atoms with Crippen molar-refractivity contribution in [1.82, 2.24) is 9.88 Å². The number of hydrogen-bond donors (Lipinski definition) is 1. The van der Waals surface area contributed by atoms with Crippen LogP contribution in [0.15, 0.2) is 29.3 Å². The van der Waals surface area contributed by atoms with E-state index >= 15 is 0 Å². The summed E-state index contributed by atoms with van der Waals surface area (Å²) < 4.78 is 2.20. The molecule has 0 saturated carbocycles. The summed E-state index contributed by atoms with van der Waals surface area (Å²) >= 11 is 1.81. The predicted molar refractivity (Wildman–Crippen MR) is 67.5 cm³/mol. The van der Waals surface area contributed by atoms with Crippen molar-refractivity contribution in [2.45, 2.75) is 11.4 Å². The molecular weight excluding hydrogens is 204 g/mol. The van der Waals surface area contributed by atoms with Crippen molar-refractivity contribution >= 4 is 22.7 Å². The fourth-order valence-corrected chi connectivity index (χ4v) is 2.65. The number of hydrogen-bond acceptors (Lipinski definition) is 2. The summed E-state index contributed by atoms with van der Waals surface area (Å²) in [6, 6.07) is 6.48. The lowest BCUT2D eigenvalue weighted by atomic mass is 10.2. The average Bonchev–Trinajstić information content (AvgIpc) is 2.57. The van der Waals surface area contributed by atoms with Gasteiger partial charge in [0.1, 0.15) is 0 Å². The summed E-state index contributed by atoms with van der Waals surface area (Å²) in [4.78, 5) is 1.36. The molecule has 1 aromatic carbocycles. The van der Waals surface area contributed by atoms with Crippen LogP contribution in [0.3, 0.4) is 0 Å². The molecule has 0 atom stereocenters. The van der Waals surface area contributed by atoms with Crippen molar-refractivity contribution in [2.75, 3.05) is 13.3 Å². The fraction of sp³-hybridized carbons (Fsp3) is 0.333. The van der Waals surface area contributed by atoms with Crippen molar-refractivity contribution < 1.29 is 0 Å². The Hall–Kier alpha value is -0.930. The largest absolute Gasteiger partial charge is 0.350 e. The molecule has 0 saturated heterocycles. The van der Waals surface area contributed by atoms with Gasteiger partial charge in [-0.2, -0.15) is 0 Å². The third-order valence-corrected chi connectivity index (χ3v) is 3.42. The van der Waals surface area contributed by atoms with Crippen molar-refractivity contribution in [1.29, 1.82) is 0 Å². The highest BCUT2D eigenvalue weighted by molar-refractivity contribution is 7.98. The monoisotopic (exact) mass is 220 g/mol. The summed E-state index contributed by atoms with van der Waals surface area (Å²) in [5.41, 5.74) is 2.69. The van der Waals surface area contributed by atoms with E-state index < -0.39 is 0 Å². The molecule has 2 rings (SSSR count). The molecule has 0 aliphatic carbocycles. The first-order valence-corrected chi connectivity index (χ1v) is 6.26. The van der Waals surface area contributed by atoms with E-state index in [-0.39, 0.29) is 0 Å². The van der Waals surface area contributed by atoms with Crippen LogP contribution in [0.4, 0.5) is 0 Å². The number of aryl methyl sites for hydroxylation is 1. The molecule has 1 aromatic heterocycles. The maximum atomic E-state index is 3.22. The minimum atomic E-state index is 0.926. The van der Waals surface area contributed by atoms with Crippen LogP contribution < -0.4 is 5.32 Å². The van der Waals surface area contributed by atoms with Crippen LogP contribution in [-0.4, -0.2) is 17.9 Å². The molecular formula is C12H16N2S. The van der Waals surface area contributed by atoms with E-state index in [0.29, 0.717) is 0 Å². The molecule has 1 heterocycles. The standard InChI is InChI=1S/C12H16N2S/c1-13-7-9-8-14(2)10-5-4-6-11(15-3)12(9)10/h4-6,8,13H,7H2,1-3H3. The fourth-order valence-electron chi connectivity index (χ4n) is 2.00. The third kappa shape index (κ3) is 1.77. The molecule has 0 radical (unpaired) electrons. The molecule has 0 aliphatic heterocycles. The molecule has 0 fully saturated rings. The zero-order valence-corrected chi connectivity index (χ0v) is 10.2. The second-order valence-electron chi connectivity index (χ2n) is 3.65. The van der Waals surface area contributed by atoms with Crippen LogP contribution in [0.1, 0.15) is 5.56 Å². The van der Waals surface area contributed by atoms with Crippen LogP contribution >= 0.6 is 11.8 Å². The minimum absolute atomic E-state index is 0.926. The Morgan fingerprint density at radius 3 is 2.87 bits per heavy atom. The predicted octanol–water partition coefficient (Wildman–Crippen LogP) is 2.62. The Balaban J connectivity index is 2.70. The summed E-state index contributed by atoms with van der Waals surface area (Å²) in [6.45, 7) is 0.926. The van der Waals surface area contributed by atoms with Crippen molar-refractivity contribution in [3.8, 4) is 0 Å². The molecule has 1 N–H and O–H groups in total. The Morgan fingerprint density at radius 2 is 2.20 bits per heavy atom. The first-order valence-electron chi connectivity index (χ1n) is 5.03. The van der Waals surface area contributed by atoms with Gasteiger partial charge in [0, 0.05) is 35.6 Å². The zero-order chi connectivity index (χ0) is 10.8. The Labute approximate surface area is 94.7 Å². The topological polar surface area (TPSA) is 17.0 Å². The van der Waals surface area contributed by atoms with Crippen molar-refractivity contribution in [3.63, 3.8) is 0 Å². The van der Waals surface area contributed by atoms with Gasteiger partial charge in [0.2, 0.25) is 0 Å².